The van der Waals surface area contributed by atoms with Crippen LogP contribution in [-0.2, 0) is 16.1 Å². The van der Waals surface area contributed by atoms with E-state index < -0.39 is 0 Å². The Bertz CT molecular complexity index is 1090. The Balaban J connectivity index is 1.69. The Kier molecular flexibility index (Phi) is 5.69. The molecule has 0 bridgehead atoms. The first-order chi connectivity index (χ1) is 13.5. The average Bonchev–Trinajstić information content (AvgIpc) is 2.67. The minimum absolute atomic E-state index is 0.0986. The fraction of sp³-hybridized carbons (Fsp3) is 0.200. The second-order valence-corrected chi connectivity index (χ2v) is 6.15. The summed E-state index contributed by atoms with van der Waals surface area (Å²) in [7, 11) is 1.49. The van der Waals surface area contributed by atoms with Crippen LogP contribution in [0.2, 0.25) is 0 Å². The minimum Gasteiger partial charge on any atom is -0.495 e. The number of amides is 2. The standard InChI is InChI=1S/C20H20N4O4/c1-13(25)22-17-11-14(7-8-18(17)28-2)23-19(26)9-10-24-12-21-16-6-4-3-5-15(16)20(24)27/h3-8,11-12H,9-10H2,1-2H3,(H,22,25)(H,23,26). The van der Waals surface area contributed by atoms with E-state index >= 15 is 0 Å². The number of methoxy groups -OCH3 is 1. The second-order valence-electron chi connectivity index (χ2n) is 6.15. The van der Waals surface area contributed by atoms with Crippen molar-refractivity contribution in [3.8, 4) is 5.75 Å². The summed E-state index contributed by atoms with van der Waals surface area (Å²) in [4.78, 5) is 40.3. The fourth-order valence-electron chi connectivity index (χ4n) is 2.78. The number of aryl methyl sites for hydroxylation is 1. The largest absolute Gasteiger partial charge is 0.495 e. The number of para-hydroxylation sites is 1. The first-order valence-corrected chi connectivity index (χ1v) is 8.67. The van der Waals surface area contributed by atoms with E-state index in [1.165, 1.54) is 24.9 Å². The van der Waals surface area contributed by atoms with Crippen LogP contribution in [0.25, 0.3) is 10.9 Å². The molecule has 144 valence electrons. The van der Waals surface area contributed by atoms with Gasteiger partial charge in [0.25, 0.3) is 5.56 Å². The molecule has 28 heavy (non-hydrogen) atoms. The third-order valence-corrected chi connectivity index (χ3v) is 4.11. The maximum Gasteiger partial charge on any atom is 0.261 e. The molecule has 0 aliphatic heterocycles. The van der Waals surface area contributed by atoms with Gasteiger partial charge in [-0.2, -0.15) is 0 Å². The van der Waals surface area contributed by atoms with E-state index in [1.807, 2.05) is 6.07 Å². The highest BCUT2D eigenvalue weighted by molar-refractivity contribution is 5.94. The monoisotopic (exact) mass is 380 g/mol. The van der Waals surface area contributed by atoms with Crippen molar-refractivity contribution in [1.82, 2.24) is 9.55 Å². The van der Waals surface area contributed by atoms with Gasteiger partial charge in [0.1, 0.15) is 5.75 Å². The number of hydrogen-bond donors (Lipinski definition) is 2. The molecule has 3 aromatic rings. The van der Waals surface area contributed by atoms with Gasteiger partial charge in [0, 0.05) is 25.6 Å². The topological polar surface area (TPSA) is 102 Å². The third kappa shape index (κ3) is 4.35. The van der Waals surface area contributed by atoms with Gasteiger partial charge in [-0.3, -0.25) is 19.0 Å². The predicted octanol–water partition coefficient (Wildman–Crippen LogP) is 2.39. The van der Waals surface area contributed by atoms with Crippen LogP contribution in [0.4, 0.5) is 11.4 Å². The molecule has 0 fully saturated rings. The number of aromatic nitrogens is 2. The van der Waals surface area contributed by atoms with Crippen molar-refractivity contribution in [3.63, 3.8) is 0 Å². The smallest absolute Gasteiger partial charge is 0.261 e. The Labute approximate surface area is 161 Å². The SMILES string of the molecule is COc1ccc(NC(=O)CCn2cnc3ccccc3c2=O)cc1NC(C)=O. The number of nitrogens with zero attached hydrogens (tertiary/aromatic N) is 2. The quantitative estimate of drug-likeness (QED) is 0.684. The molecule has 1 aromatic heterocycles. The fourth-order valence-corrected chi connectivity index (χ4v) is 2.78. The lowest BCUT2D eigenvalue weighted by Crippen LogP contribution is -2.23. The van der Waals surface area contributed by atoms with Crippen molar-refractivity contribution in [2.24, 2.45) is 0 Å². The van der Waals surface area contributed by atoms with Crippen molar-refractivity contribution in [2.45, 2.75) is 19.9 Å². The van der Waals surface area contributed by atoms with Gasteiger partial charge in [0.05, 0.1) is 30.0 Å². The third-order valence-electron chi connectivity index (χ3n) is 4.11. The van der Waals surface area contributed by atoms with Gasteiger partial charge < -0.3 is 15.4 Å². The summed E-state index contributed by atoms with van der Waals surface area (Å²) in [6, 6.07) is 12.0. The Morgan fingerprint density at radius 3 is 2.68 bits per heavy atom. The normalized spacial score (nSPS) is 10.5. The maximum absolute atomic E-state index is 12.5. The second kappa shape index (κ2) is 8.34. The molecule has 0 saturated heterocycles. The van der Waals surface area contributed by atoms with Crippen LogP contribution in [0.3, 0.4) is 0 Å². The number of nitrogens with one attached hydrogen (secondary N) is 2. The Hall–Kier alpha value is -3.68. The highest BCUT2D eigenvalue weighted by Gasteiger charge is 2.10. The number of hydrogen-bond acceptors (Lipinski definition) is 5. The lowest BCUT2D eigenvalue weighted by Gasteiger charge is -2.12. The summed E-state index contributed by atoms with van der Waals surface area (Å²) in [5.74, 6) is -0.0223. The van der Waals surface area contributed by atoms with E-state index in [0.717, 1.165) is 0 Å². The van der Waals surface area contributed by atoms with E-state index in [1.54, 1.807) is 36.4 Å². The zero-order valence-electron chi connectivity index (χ0n) is 15.6. The van der Waals surface area contributed by atoms with Gasteiger partial charge in [-0.25, -0.2) is 4.98 Å². The van der Waals surface area contributed by atoms with Crippen LogP contribution in [0.15, 0.2) is 53.6 Å². The van der Waals surface area contributed by atoms with Gasteiger partial charge >= 0.3 is 0 Å². The molecule has 0 aliphatic carbocycles. The van der Waals surface area contributed by atoms with Crippen LogP contribution in [0, 0.1) is 0 Å². The molecule has 0 atom stereocenters. The summed E-state index contributed by atoms with van der Waals surface area (Å²) in [5.41, 5.74) is 1.41. The predicted molar refractivity (Wildman–Crippen MR) is 107 cm³/mol. The zero-order valence-corrected chi connectivity index (χ0v) is 15.6. The number of rotatable bonds is 6. The molecule has 2 amide bonds. The number of carbonyl (C=O) groups excluding carboxylic acids is 2. The molecule has 2 N–H and O–H groups in total. The molecule has 0 radical (unpaired) electrons. The van der Waals surface area contributed by atoms with E-state index in [-0.39, 0.29) is 30.3 Å². The summed E-state index contributed by atoms with van der Waals surface area (Å²) in [6.45, 7) is 1.59. The molecule has 0 unspecified atom stereocenters. The molecule has 3 rings (SSSR count). The number of ether oxygens (including phenoxy) is 1. The molecular weight excluding hydrogens is 360 g/mol. The molecule has 0 saturated carbocycles. The maximum atomic E-state index is 12.5. The van der Waals surface area contributed by atoms with Gasteiger partial charge in [-0.1, -0.05) is 12.1 Å². The van der Waals surface area contributed by atoms with Gasteiger partial charge in [-0.05, 0) is 30.3 Å². The van der Waals surface area contributed by atoms with Crippen molar-refractivity contribution in [3.05, 3.63) is 59.1 Å². The summed E-state index contributed by atoms with van der Waals surface area (Å²) < 4.78 is 6.60. The van der Waals surface area contributed by atoms with Crippen LogP contribution in [0.1, 0.15) is 13.3 Å². The van der Waals surface area contributed by atoms with E-state index in [4.69, 9.17) is 4.74 Å². The average molecular weight is 380 g/mol. The zero-order chi connectivity index (χ0) is 20.1. The van der Waals surface area contributed by atoms with E-state index in [9.17, 15) is 14.4 Å². The number of fused-ring (bicyclic) bond motifs is 1. The van der Waals surface area contributed by atoms with Crippen molar-refractivity contribution in [2.75, 3.05) is 17.7 Å². The molecule has 1 heterocycles. The highest BCUT2D eigenvalue weighted by Crippen LogP contribution is 2.27. The molecule has 2 aromatic carbocycles. The van der Waals surface area contributed by atoms with Gasteiger partial charge in [0.15, 0.2) is 0 Å². The first-order valence-electron chi connectivity index (χ1n) is 8.67. The number of carbonyl (C=O) groups is 2. The summed E-state index contributed by atoms with van der Waals surface area (Å²) in [6.07, 6.45) is 1.54. The van der Waals surface area contributed by atoms with E-state index in [0.29, 0.717) is 28.0 Å². The minimum atomic E-state index is -0.265. The Morgan fingerprint density at radius 1 is 1.14 bits per heavy atom. The first kappa shape index (κ1) is 19.1. The lowest BCUT2D eigenvalue weighted by molar-refractivity contribution is -0.116. The van der Waals surface area contributed by atoms with Crippen molar-refractivity contribution in [1.29, 1.82) is 0 Å². The van der Waals surface area contributed by atoms with Crippen LogP contribution in [0.5, 0.6) is 5.75 Å². The van der Waals surface area contributed by atoms with Crippen molar-refractivity contribution < 1.29 is 14.3 Å². The van der Waals surface area contributed by atoms with Crippen LogP contribution in [-0.4, -0.2) is 28.5 Å². The molecule has 8 heteroatoms. The van der Waals surface area contributed by atoms with E-state index in [2.05, 4.69) is 15.6 Å². The molecule has 0 spiro atoms. The summed E-state index contributed by atoms with van der Waals surface area (Å²) in [5, 5.41) is 5.92. The summed E-state index contributed by atoms with van der Waals surface area (Å²) >= 11 is 0. The van der Waals surface area contributed by atoms with Crippen molar-refractivity contribution >= 4 is 34.1 Å². The molecule has 8 nitrogen and oxygen atoms in total. The Morgan fingerprint density at radius 2 is 1.93 bits per heavy atom. The highest BCUT2D eigenvalue weighted by atomic mass is 16.5. The van der Waals surface area contributed by atoms with Gasteiger partial charge in [-0.15, -0.1) is 0 Å². The number of benzene rings is 2. The van der Waals surface area contributed by atoms with Crippen LogP contribution < -0.4 is 20.9 Å². The van der Waals surface area contributed by atoms with Gasteiger partial charge in [0.2, 0.25) is 11.8 Å². The molecule has 0 aliphatic rings. The number of anilines is 2. The molecular formula is C20H20N4O4. The lowest BCUT2D eigenvalue weighted by atomic mass is 10.2. The van der Waals surface area contributed by atoms with Crippen LogP contribution >= 0.6 is 0 Å².